The maximum Gasteiger partial charge on any atom is 0.132 e. The number of fused-ring (bicyclic) bond motifs is 3. The van der Waals surface area contributed by atoms with Crippen LogP contribution in [0.25, 0.3) is 33.3 Å². The largest absolute Gasteiger partial charge is 0.383 e. The van der Waals surface area contributed by atoms with Gasteiger partial charge >= 0.3 is 0 Å². The van der Waals surface area contributed by atoms with Crippen molar-refractivity contribution in [2.75, 3.05) is 18.9 Å². The van der Waals surface area contributed by atoms with E-state index in [0.717, 1.165) is 65.2 Å². The molecule has 0 atom stereocenters. The van der Waals surface area contributed by atoms with Gasteiger partial charge in [-0.1, -0.05) is 0 Å². The number of nitrogens with one attached hydrogen (secondary N) is 1. The molecule has 0 unspecified atom stereocenters. The summed E-state index contributed by atoms with van der Waals surface area (Å²) >= 11 is 0. The van der Waals surface area contributed by atoms with Crippen molar-refractivity contribution in [1.82, 2.24) is 24.5 Å². The van der Waals surface area contributed by atoms with Gasteiger partial charge in [0.15, 0.2) is 0 Å². The number of pyridine rings is 3. The van der Waals surface area contributed by atoms with Crippen LogP contribution in [0.1, 0.15) is 30.3 Å². The van der Waals surface area contributed by atoms with Gasteiger partial charge in [0.2, 0.25) is 0 Å². The number of hydrogen-bond donors (Lipinski definition) is 2. The molecule has 1 saturated heterocycles. The minimum Gasteiger partial charge on any atom is -0.383 e. The highest BCUT2D eigenvalue weighted by Crippen LogP contribution is 2.32. The molecule has 3 N–H and O–H groups in total. The lowest BCUT2D eigenvalue weighted by Gasteiger charge is -2.25. The Balaban J connectivity index is 1.74. The van der Waals surface area contributed by atoms with E-state index in [1.165, 1.54) is 6.21 Å². The monoisotopic (exact) mass is 387 g/mol. The molecule has 8 heteroatoms. The van der Waals surface area contributed by atoms with Gasteiger partial charge in [-0.15, -0.1) is 0 Å². The van der Waals surface area contributed by atoms with E-state index in [9.17, 15) is 0 Å². The average Bonchev–Trinajstić information content (AvgIpc) is 3.10. The zero-order valence-corrected chi connectivity index (χ0v) is 16.1. The fourth-order valence-corrected chi connectivity index (χ4v) is 4.05. The fraction of sp³-hybridized carbons (Fsp3) is 0.286. The van der Waals surface area contributed by atoms with Crippen LogP contribution in [0.15, 0.2) is 30.6 Å². The molecule has 146 valence electrons. The van der Waals surface area contributed by atoms with Crippen LogP contribution in [-0.4, -0.2) is 43.9 Å². The molecule has 0 amide bonds. The fourth-order valence-electron chi connectivity index (χ4n) is 4.05. The summed E-state index contributed by atoms with van der Waals surface area (Å²) in [5.74, 6) is 1.30. The van der Waals surface area contributed by atoms with Gasteiger partial charge in [-0.25, -0.2) is 15.0 Å². The van der Waals surface area contributed by atoms with Crippen molar-refractivity contribution in [3.63, 3.8) is 0 Å². The van der Waals surface area contributed by atoms with Crippen LogP contribution in [-0.2, 0) is 4.74 Å². The van der Waals surface area contributed by atoms with E-state index in [1.807, 2.05) is 31.3 Å². The maximum atomic E-state index is 7.53. The maximum absolute atomic E-state index is 7.53. The lowest BCUT2D eigenvalue weighted by molar-refractivity contribution is 0.0701. The first-order chi connectivity index (χ1) is 14.2. The zero-order chi connectivity index (χ0) is 20.0. The lowest BCUT2D eigenvalue weighted by atomic mass is 10.1. The molecule has 8 nitrogen and oxygen atoms in total. The summed E-state index contributed by atoms with van der Waals surface area (Å²) in [5, 5.41) is 7.53. The average molecular weight is 387 g/mol. The lowest BCUT2D eigenvalue weighted by Crippen LogP contribution is -2.20. The number of nitrogens with zero attached hydrogens (tertiary/aromatic N) is 5. The smallest absolute Gasteiger partial charge is 0.132 e. The molecule has 5 rings (SSSR count). The Labute approximate surface area is 167 Å². The molecule has 29 heavy (non-hydrogen) atoms. The molecule has 0 aromatic carbocycles. The van der Waals surface area contributed by atoms with Gasteiger partial charge in [-0.3, -0.25) is 4.98 Å². The number of nitrogen functional groups attached to an aromatic ring is 1. The van der Waals surface area contributed by atoms with Gasteiger partial charge in [-0.05, 0) is 38.0 Å². The number of anilines is 1. The molecule has 1 aliphatic rings. The molecule has 5 heterocycles. The summed E-state index contributed by atoms with van der Waals surface area (Å²) in [5.41, 5.74) is 11.5. The third-order valence-corrected chi connectivity index (χ3v) is 5.50. The van der Waals surface area contributed by atoms with Crippen LogP contribution < -0.4 is 5.73 Å². The Bertz CT molecular complexity index is 1240. The Hall–Kier alpha value is -3.39. The summed E-state index contributed by atoms with van der Waals surface area (Å²) < 4.78 is 7.84. The van der Waals surface area contributed by atoms with Gasteiger partial charge in [0.25, 0.3) is 0 Å². The number of hydrogen-bond acceptors (Lipinski definition) is 7. The van der Waals surface area contributed by atoms with E-state index in [2.05, 4.69) is 14.5 Å². The third kappa shape index (κ3) is 2.92. The van der Waals surface area contributed by atoms with Crippen molar-refractivity contribution in [1.29, 1.82) is 5.41 Å². The predicted molar refractivity (Wildman–Crippen MR) is 112 cm³/mol. The van der Waals surface area contributed by atoms with Gasteiger partial charge in [0.1, 0.15) is 22.7 Å². The van der Waals surface area contributed by atoms with Crippen LogP contribution in [0.3, 0.4) is 0 Å². The van der Waals surface area contributed by atoms with Crippen molar-refractivity contribution >= 4 is 34.1 Å². The van der Waals surface area contributed by atoms with E-state index in [4.69, 9.17) is 25.8 Å². The van der Waals surface area contributed by atoms with Crippen LogP contribution in [0, 0.1) is 12.3 Å². The Morgan fingerprint density at radius 3 is 2.76 bits per heavy atom. The second-order valence-corrected chi connectivity index (χ2v) is 7.27. The third-order valence-electron chi connectivity index (χ3n) is 5.50. The highest BCUT2D eigenvalue weighted by atomic mass is 16.5. The van der Waals surface area contributed by atoms with Gasteiger partial charge in [0.05, 0.1) is 22.9 Å². The minimum atomic E-state index is 0.335. The van der Waals surface area contributed by atoms with Gasteiger partial charge in [-0.2, -0.15) is 0 Å². The first-order valence-electron chi connectivity index (χ1n) is 9.64. The summed E-state index contributed by atoms with van der Waals surface area (Å²) in [6, 6.07) is 6.06. The molecule has 4 aromatic heterocycles. The molecule has 4 aromatic rings. The predicted octanol–water partition coefficient (Wildman–Crippen LogP) is 3.28. The van der Waals surface area contributed by atoms with Gasteiger partial charge < -0.3 is 20.4 Å². The zero-order valence-electron chi connectivity index (χ0n) is 16.1. The molecular formula is C21H21N7O. The van der Waals surface area contributed by atoms with E-state index in [1.54, 1.807) is 6.20 Å². The molecule has 0 bridgehead atoms. The molecule has 0 spiro atoms. The van der Waals surface area contributed by atoms with Crippen molar-refractivity contribution in [2.45, 2.75) is 25.8 Å². The molecule has 0 saturated carbocycles. The van der Waals surface area contributed by atoms with Crippen LogP contribution in [0.4, 0.5) is 5.82 Å². The second kappa shape index (κ2) is 6.89. The quantitative estimate of drug-likeness (QED) is 0.521. The highest BCUT2D eigenvalue weighted by molar-refractivity contribution is 6.00. The first kappa shape index (κ1) is 17.7. The summed E-state index contributed by atoms with van der Waals surface area (Å²) in [7, 11) is 0. The molecule has 0 radical (unpaired) electrons. The van der Waals surface area contributed by atoms with Crippen LogP contribution in [0.2, 0.25) is 0 Å². The highest BCUT2D eigenvalue weighted by Gasteiger charge is 2.22. The van der Waals surface area contributed by atoms with E-state index in [0.29, 0.717) is 17.4 Å². The van der Waals surface area contributed by atoms with E-state index < -0.39 is 0 Å². The topological polar surface area (TPSA) is 116 Å². The Morgan fingerprint density at radius 2 is 1.97 bits per heavy atom. The molecule has 1 aliphatic heterocycles. The van der Waals surface area contributed by atoms with Crippen molar-refractivity contribution in [3.8, 4) is 11.3 Å². The SMILES string of the molecule is Cc1nc2cnc3ccc(-c4cnc(N)c(C=N)c4)nc3c2n1C1CCOCC1. The van der Waals surface area contributed by atoms with E-state index in [-0.39, 0.29) is 0 Å². The summed E-state index contributed by atoms with van der Waals surface area (Å²) in [6.07, 6.45) is 6.63. The second-order valence-electron chi connectivity index (χ2n) is 7.27. The minimum absolute atomic E-state index is 0.335. The number of rotatable bonds is 3. The standard InChI is InChI=1S/C21H21N7O/c1-12-26-18-11-24-17-3-2-16(14-8-13(9-22)21(23)25-10-14)27-19(17)20(18)28(12)15-4-6-29-7-5-15/h2-3,8-11,15,22H,4-7H2,1H3,(H2,23,25). The van der Waals surface area contributed by atoms with Crippen LogP contribution >= 0.6 is 0 Å². The first-order valence-corrected chi connectivity index (χ1v) is 9.64. The molecule has 1 fully saturated rings. The van der Waals surface area contributed by atoms with Crippen molar-refractivity contribution < 1.29 is 4.74 Å². The van der Waals surface area contributed by atoms with E-state index >= 15 is 0 Å². The van der Waals surface area contributed by atoms with Gasteiger partial charge in [0, 0.05) is 42.8 Å². The van der Waals surface area contributed by atoms with Crippen molar-refractivity contribution in [2.24, 2.45) is 0 Å². The number of ether oxygens (including phenoxy) is 1. The van der Waals surface area contributed by atoms with Crippen molar-refractivity contribution in [3.05, 3.63) is 42.0 Å². The Kier molecular flexibility index (Phi) is 4.21. The number of aryl methyl sites for hydroxylation is 1. The number of nitrogens with two attached hydrogens (primary N) is 1. The number of aromatic nitrogens is 5. The molecule has 0 aliphatic carbocycles. The summed E-state index contributed by atoms with van der Waals surface area (Å²) in [6.45, 7) is 3.55. The summed E-state index contributed by atoms with van der Waals surface area (Å²) in [4.78, 5) is 18.4. The van der Waals surface area contributed by atoms with Crippen LogP contribution in [0.5, 0.6) is 0 Å². The molecular weight excluding hydrogens is 366 g/mol. The normalized spacial score (nSPS) is 15.2. The number of imidazole rings is 1. The Morgan fingerprint density at radius 1 is 1.14 bits per heavy atom.